The maximum Gasteiger partial charge on any atom is 0.200 e. The third-order valence-corrected chi connectivity index (χ3v) is 3.83. The molecule has 0 amide bonds. The van der Waals surface area contributed by atoms with Crippen molar-refractivity contribution in [2.24, 2.45) is 10.5 Å². The molecule has 0 spiro atoms. The van der Waals surface area contributed by atoms with Crippen LogP contribution < -0.4 is 0 Å². The summed E-state index contributed by atoms with van der Waals surface area (Å²) in [6, 6.07) is 10.1. The molecule has 1 aromatic rings. The Balaban J connectivity index is 2.26. The van der Waals surface area contributed by atoms with Crippen molar-refractivity contribution >= 4 is 0 Å². The van der Waals surface area contributed by atoms with Crippen LogP contribution in [0.2, 0.25) is 0 Å². The molecule has 0 aromatic heterocycles. The van der Waals surface area contributed by atoms with Crippen molar-refractivity contribution in [3.8, 4) is 0 Å². The van der Waals surface area contributed by atoms with Gasteiger partial charge in [-0.15, -0.1) is 0 Å². The minimum Gasteiger partial charge on any atom is -0.345 e. The Morgan fingerprint density at radius 3 is 2.67 bits per heavy atom. The first-order valence-electron chi connectivity index (χ1n) is 7.38. The molecule has 0 unspecified atom stereocenters. The van der Waals surface area contributed by atoms with Gasteiger partial charge in [0.25, 0.3) is 0 Å². The maximum absolute atomic E-state index is 8.40. The number of ether oxygens (including phenoxy) is 2. The van der Waals surface area contributed by atoms with E-state index in [2.05, 4.69) is 30.8 Å². The lowest BCUT2D eigenvalue weighted by atomic mass is 9.79. The first-order chi connectivity index (χ1) is 9.99. The summed E-state index contributed by atoms with van der Waals surface area (Å²) in [5.41, 5.74) is 9.23. The fraction of sp³-hybridized carbons (Fsp3) is 0.625. The van der Waals surface area contributed by atoms with Crippen LogP contribution in [-0.2, 0) is 15.3 Å². The third kappa shape index (κ3) is 3.38. The molecule has 21 heavy (non-hydrogen) atoms. The highest BCUT2D eigenvalue weighted by Crippen LogP contribution is 2.47. The molecule has 1 aliphatic rings. The smallest absolute Gasteiger partial charge is 0.200 e. The van der Waals surface area contributed by atoms with Crippen molar-refractivity contribution in [3.63, 3.8) is 0 Å². The molecule has 1 fully saturated rings. The van der Waals surface area contributed by atoms with Crippen LogP contribution in [0.1, 0.15) is 39.2 Å². The molecule has 0 radical (unpaired) electrons. The molecule has 2 atom stereocenters. The average Bonchev–Trinajstić information content (AvgIpc) is 2.47. The molecule has 5 heteroatoms. The van der Waals surface area contributed by atoms with E-state index in [0.29, 0.717) is 13.2 Å². The van der Waals surface area contributed by atoms with Crippen LogP contribution >= 0.6 is 0 Å². The number of benzene rings is 1. The van der Waals surface area contributed by atoms with Crippen molar-refractivity contribution in [1.82, 2.24) is 0 Å². The number of nitrogens with zero attached hydrogens (tertiary/aromatic N) is 3. The number of hydrogen-bond donors (Lipinski definition) is 0. The summed E-state index contributed by atoms with van der Waals surface area (Å²) in [5.74, 6) is -0.756. The van der Waals surface area contributed by atoms with Gasteiger partial charge in [-0.3, -0.25) is 0 Å². The van der Waals surface area contributed by atoms with Gasteiger partial charge in [-0.25, -0.2) is 0 Å². The minimum absolute atomic E-state index is 0.0451. The predicted octanol–water partition coefficient (Wildman–Crippen LogP) is 4.39. The Morgan fingerprint density at radius 2 is 2.05 bits per heavy atom. The van der Waals surface area contributed by atoms with E-state index in [1.807, 2.05) is 30.3 Å². The van der Waals surface area contributed by atoms with E-state index < -0.39 is 5.79 Å². The Bertz CT molecular complexity index is 506. The second-order valence-electron chi connectivity index (χ2n) is 6.35. The highest BCUT2D eigenvalue weighted by atomic mass is 16.7. The zero-order valence-electron chi connectivity index (χ0n) is 13.0. The van der Waals surface area contributed by atoms with Crippen molar-refractivity contribution in [2.45, 2.75) is 45.5 Å². The van der Waals surface area contributed by atoms with Gasteiger partial charge in [-0.1, -0.05) is 56.2 Å². The van der Waals surface area contributed by atoms with Crippen LogP contribution in [0, 0.1) is 5.41 Å². The lowest BCUT2D eigenvalue weighted by Gasteiger charge is -2.49. The van der Waals surface area contributed by atoms with Crippen molar-refractivity contribution in [1.29, 1.82) is 0 Å². The third-order valence-electron chi connectivity index (χ3n) is 3.83. The summed E-state index contributed by atoms with van der Waals surface area (Å²) >= 11 is 0. The standard InChI is InChI=1S/C16H23N3O2/c1-15(2,3)16(13-7-5-4-6-8-13)20-12-10-14(21-16)9-11-18-19-17/h4-8,14H,9-12H2,1-3H3/t14-,16+/m1/s1. The van der Waals surface area contributed by atoms with Gasteiger partial charge in [0.05, 0.1) is 12.7 Å². The molecule has 5 nitrogen and oxygen atoms in total. The largest absolute Gasteiger partial charge is 0.345 e. The summed E-state index contributed by atoms with van der Waals surface area (Å²) in [6.45, 7) is 7.46. The van der Waals surface area contributed by atoms with E-state index >= 15 is 0 Å². The van der Waals surface area contributed by atoms with Crippen LogP contribution in [0.5, 0.6) is 0 Å². The fourth-order valence-electron chi connectivity index (χ4n) is 2.75. The van der Waals surface area contributed by atoms with Crippen LogP contribution in [-0.4, -0.2) is 19.3 Å². The van der Waals surface area contributed by atoms with E-state index in [-0.39, 0.29) is 11.5 Å². The van der Waals surface area contributed by atoms with Gasteiger partial charge in [-0.05, 0) is 18.4 Å². The summed E-state index contributed by atoms with van der Waals surface area (Å²) in [4.78, 5) is 2.80. The molecule has 0 N–H and O–H groups in total. The molecule has 1 aromatic carbocycles. The van der Waals surface area contributed by atoms with Crippen LogP contribution in [0.3, 0.4) is 0 Å². The van der Waals surface area contributed by atoms with Gasteiger partial charge < -0.3 is 9.47 Å². The lowest BCUT2D eigenvalue weighted by molar-refractivity contribution is -0.347. The topological polar surface area (TPSA) is 67.2 Å². The van der Waals surface area contributed by atoms with Crippen LogP contribution in [0.25, 0.3) is 10.4 Å². The van der Waals surface area contributed by atoms with E-state index in [4.69, 9.17) is 15.0 Å². The first kappa shape index (κ1) is 15.8. The highest BCUT2D eigenvalue weighted by Gasteiger charge is 2.49. The maximum atomic E-state index is 8.40. The van der Waals surface area contributed by atoms with Crippen molar-refractivity contribution in [2.75, 3.05) is 13.2 Å². The zero-order chi connectivity index (χ0) is 15.3. The van der Waals surface area contributed by atoms with Gasteiger partial charge >= 0.3 is 0 Å². The van der Waals surface area contributed by atoms with Gasteiger partial charge in [0.2, 0.25) is 0 Å². The van der Waals surface area contributed by atoms with Gasteiger partial charge in [0, 0.05) is 22.4 Å². The number of hydrogen-bond acceptors (Lipinski definition) is 3. The molecule has 1 saturated heterocycles. The molecule has 0 aliphatic carbocycles. The summed E-state index contributed by atoms with van der Waals surface area (Å²) in [7, 11) is 0. The SMILES string of the molecule is CC(C)(C)[C@@]1(c2ccccc2)OCC[C@@H](CCN=[N+]=[N-])O1. The summed E-state index contributed by atoms with van der Waals surface area (Å²) < 4.78 is 12.5. The highest BCUT2D eigenvalue weighted by molar-refractivity contribution is 5.23. The van der Waals surface area contributed by atoms with Crippen LogP contribution in [0.15, 0.2) is 35.4 Å². The molecule has 114 valence electrons. The lowest BCUT2D eigenvalue weighted by Crippen LogP contribution is -2.51. The Morgan fingerprint density at radius 1 is 1.33 bits per heavy atom. The van der Waals surface area contributed by atoms with Gasteiger partial charge in [0.1, 0.15) is 0 Å². The Kier molecular flexibility index (Phi) is 4.88. The van der Waals surface area contributed by atoms with Gasteiger partial charge in [-0.2, -0.15) is 0 Å². The van der Waals surface area contributed by atoms with Gasteiger partial charge in [0.15, 0.2) is 5.79 Å². The minimum atomic E-state index is -0.756. The monoisotopic (exact) mass is 289 g/mol. The molecular formula is C16H23N3O2. The normalized spacial score (nSPS) is 26.1. The Hall–Kier alpha value is -1.55. The Labute approximate surface area is 125 Å². The predicted molar refractivity (Wildman–Crippen MR) is 81.6 cm³/mol. The second kappa shape index (κ2) is 6.48. The quantitative estimate of drug-likeness (QED) is 0.468. The van der Waals surface area contributed by atoms with E-state index in [1.165, 1.54) is 0 Å². The molecular weight excluding hydrogens is 266 g/mol. The van der Waals surface area contributed by atoms with Crippen LogP contribution in [0.4, 0.5) is 0 Å². The van der Waals surface area contributed by atoms with Crippen molar-refractivity contribution in [3.05, 3.63) is 46.3 Å². The number of azide groups is 1. The first-order valence-corrected chi connectivity index (χ1v) is 7.38. The summed E-state index contributed by atoms with van der Waals surface area (Å²) in [6.07, 6.45) is 1.59. The van der Waals surface area contributed by atoms with Crippen molar-refractivity contribution < 1.29 is 9.47 Å². The molecule has 0 bridgehead atoms. The molecule has 1 heterocycles. The second-order valence-corrected chi connectivity index (χ2v) is 6.35. The molecule has 0 saturated carbocycles. The van der Waals surface area contributed by atoms with E-state index in [9.17, 15) is 0 Å². The zero-order valence-corrected chi connectivity index (χ0v) is 13.0. The van der Waals surface area contributed by atoms with E-state index in [1.54, 1.807) is 0 Å². The van der Waals surface area contributed by atoms with E-state index in [0.717, 1.165) is 18.4 Å². The molecule has 2 rings (SSSR count). The molecule has 1 aliphatic heterocycles. The summed E-state index contributed by atoms with van der Waals surface area (Å²) in [5, 5.41) is 3.61. The fourth-order valence-corrected chi connectivity index (χ4v) is 2.75. The number of rotatable bonds is 4. The average molecular weight is 289 g/mol.